The van der Waals surface area contributed by atoms with Crippen molar-refractivity contribution in [3.05, 3.63) is 35.9 Å². The van der Waals surface area contributed by atoms with E-state index < -0.39 is 0 Å². The molecular weight excluding hydrogens is 318 g/mol. The molecule has 6 nitrogen and oxygen atoms in total. The fourth-order valence-corrected chi connectivity index (χ4v) is 3.54. The zero-order valence-electron chi connectivity index (χ0n) is 14.9. The molecule has 0 spiro atoms. The van der Waals surface area contributed by atoms with Gasteiger partial charge in [0.05, 0.1) is 0 Å². The lowest BCUT2D eigenvalue weighted by atomic mass is 10.1. The lowest BCUT2D eigenvalue weighted by molar-refractivity contribution is -0.137. The van der Waals surface area contributed by atoms with Crippen molar-refractivity contribution in [1.82, 2.24) is 14.7 Å². The zero-order chi connectivity index (χ0) is 17.6. The third kappa shape index (κ3) is 4.31. The molecule has 2 heterocycles. The van der Waals surface area contributed by atoms with E-state index >= 15 is 0 Å². The second-order valence-electron chi connectivity index (χ2n) is 6.65. The van der Waals surface area contributed by atoms with Crippen LogP contribution in [-0.2, 0) is 16.1 Å². The van der Waals surface area contributed by atoms with Crippen LogP contribution >= 0.6 is 0 Å². The molecule has 1 aromatic rings. The molecule has 2 aliphatic rings. The van der Waals surface area contributed by atoms with Crippen molar-refractivity contribution in [2.45, 2.75) is 32.4 Å². The summed E-state index contributed by atoms with van der Waals surface area (Å²) in [7, 11) is 0. The Morgan fingerprint density at radius 2 is 1.80 bits per heavy atom. The van der Waals surface area contributed by atoms with Crippen LogP contribution in [0.2, 0.25) is 0 Å². The molecule has 3 rings (SSSR count). The average Bonchev–Trinajstić information content (AvgIpc) is 3.16. The highest BCUT2D eigenvalue weighted by Gasteiger charge is 2.38. The summed E-state index contributed by atoms with van der Waals surface area (Å²) in [5.74, 6) is 0.0740. The molecule has 2 fully saturated rings. The Kier molecular flexibility index (Phi) is 5.91. The van der Waals surface area contributed by atoms with Gasteiger partial charge in [-0.25, -0.2) is 4.79 Å². The maximum Gasteiger partial charge on any atom is 0.410 e. The second-order valence-corrected chi connectivity index (χ2v) is 6.65. The van der Waals surface area contributed by atoms with Crippen molar-refractivity contribution in [3.63, 3.8) is 0 Å². The van der Waals surface area contributed by atoms with Crippen LogP contribution in [0.1, 0.15) is 25.3 Å². The minimum absolute atomic E-state index is 0.0740. The molecule has 0 aliphatic carbocycles. The summed E-state index contributed by atoms with van der Waals surface area (Å²) < 4.78 is 5.42. The topological polar surface area (TPSA) is 53.1 Å². The summed E-state index contributed by atoms with van der Waals surface area (Å²) in [6.45, 7) is 7.31. The number of hydrogen-bond acceptors (Lipinski definition) is 4. The van der Waals surface area contributed by atoms with Crippen molar-refractivity contribution >= 4 is 12.0 Å². The molecule has 1 atom stereocenters. The summed E-state index contributed by atoms with van der Waals surface area (Å²) >= 11 is 0. The van der Waals surface area contributed by atoms with E-state index in [4.69, 9.17) is 4.74 Å². The maximum atomic E-state index is 12.8. The molecular formula is C19H27N3O3. The van der Waals surface area contributed by atoms with Crippen LogP contribution in [0, 0.1) is 0 Å². The normalized spacial score (nSPS) is 21.4. The number of carbonyl (C=O) groups excluding carboxylic acids is 2. The predicted octanol–water partition coefficient (Wildman–Crippen LogP) is 1.95. The summed E-state index contributed by atoms with van der Waals surface area (Å²) in [5.41, 5.74) is 0.952. The minimum atomic E-state index is -0.383. The third-order valence-electron chi connectivity index (χ3n) is 5.11. The van der Waals surface area contributed by atoms with E-state index in [1.807, 2.05) is 35.2 Å². The average molecular weight is 345 g/mol. The summed E-state index contributed by atoms with van der Waals surface area (Å²) in [6.07, 6.45) is 1.20. The smallest absolute Gasteiger partial charge is 0.410 e. The van der Waals surface area contributed by atoms with Crippen molar-refractivity contribution in [1.29, 1.82) is 0 Å². The number of benzene rings is 1. The van der Waals surface area contributed by atoms with E-state index in [0.717, 1.165) is 51.1 Å². The van der Waals surface area contributed by atoms with E-state index in [-0.39, 0.29) is 24.6 Å². The second kappa shape index (κ2) is 8.34. The van der Waals surface area contributed by atoms with Crippen LogP contribution in [-0.4, -0.2) is 72.0 Å². The first-order valence-electron chi connectivity index (χ1n) is 9.17. The highest BCUT2D eigenvalue weighted by molar-refractivity contribution is 5.86. The molecule has 1 unspecified atom stereocenters. The molecule has 0 N–H and O–H groups in total. The van der Waals surface area contributed by atoms with Gasteiger partial charge in [-0.3, -0.25) is 9.69 Å². The summed E-state index contributed by atoms with van der Waals surface area (Å²) in [6, 6.07) is 9.25. The number of amides is 2. The lowest BCUT2D eigenvalue weighted by Crippen LogP contribution is -2.54. The van der Waals surface area contributed by atoms with Crippen molar-refractivity contribution in [3.8, 4) is 0 Å². The number of ether oxygens (including phenoxy) is 1. The number of piperazine rings is 1. The molecule has 2 aliphatic heterocycles. The maximum absolute atomic E-state index is 12.8. The first-order chi connectivity index (χ1) is 12.2. The van der Waals surface area contributed by atoms with Crippen molar-refractivity contribution in [2.24, 2.45) is 0 Å². The molecule has 136 valence electrons. The van der Waals surface area contributed by atoms with Gasteiger partial charge in [-0.2, -0.15) is 0 Å². The highest BCUT2D eigenvalue weighted by atomic mass is 16.6. The van der Waals surface area contributed by atoms with Gasteiger partial charge in [-0.15, -0.1) is 0 Å². The van der Waals surface area contributed by atoms with Gasteiger partial charge in [-0.1, -0.05) is 37.3 Å². The molecule has 0 bridgehead atoms. The van der Waals surface area contributed by atoms with Crippen molar-refractivity contribution < 1.29 is 14.3 Å². The minimum Gasteiger partial charge on any atom is -0.445 e. The first kappa shape index (κ1) is 17.7. The zero-order valence-corrected chi connectivity index (χ0v) is 14.9. The third-order valence-corrected chi connectivity index (χ3v) is 5.11. The fourth-order valence-electron chi connectivity index (χ4n) is 3.54. The van der Waals surface area contributed by atoms with E-state index in [0.29, 0.717) is 6.54 Å². The predicted molar refractivity (Wildman–Crippen MR) is 95.0 cm³/mol. The van der Waals surface area contributed by atoms with Gasteiger partial charge in [0, 0.05) is 32.7 Å². The molecule has 0 radical (unpaired) electrons. The monoisotopic (exact) mass is 345 g/mol. The Morgan fingerprint density at radius 1 is 1.08 bits per heavy atom. The standard InChI is InChI=1S/C19H27N3O3/c1-2-20-11-13-21(14-12-20)18(23)17-9-6-10-22(17)19(24)25-15-16-7-4-3-5-8-16/h3-5,7-8,17H,2,6,9-15H2,1H3. The van der Waals surface area contributed by atoms with Crippen LogP contribution in [0.3, 0.4) is 0 Å². The number of carbonyl (C=O) groups is 2. The quantitative estimate of drug-likeness (QED) is 0.837. The highest BCUT2D eigenvalue weighted by Crippen LogP contribution is 2.21. The molecule has 1 aromatic carbocycles. The van der Waals surface area contributed by atoms with Crippen LogP contribution in [0.4, 0.5) is 4.79 Å². The van der Waals surface area contributed by atoms with Gasteiger partial charge in [0.2, 0.25) is 5.91 Å². The van der Waals surface area contributed by atoms with E-state index in [2.05, 4.69) is 11.8 Å². The summed E-state index contributed by atoms with van der Waals surface area (Å²) in [5, 5.41) is 0. The fraction of sp³-hybridized carbons (Fsp3) is 0.579. The van der Waals surface area contributed by atoms with Crippen LogP contribution in [0.25, 0.3) is 0 Å². The van der Waals surface area contributed by atoms with E-state index in [1.54, 1.807) is 4.90 Å². The Balaban J connectivity index is 1.54. The van der Waals surface area contributed by atoms with Gasteiger partial charge < -0.3 is 14.5 Å². The van der Waals surface area contributed by atoms with Crippen LogP contribution in [0.5, 0.6) is 0 Å². The SMILES string of the molecule is CCN1CCN(C(=O)C2CCCN2C(=O)OCc2ccccc2)CC1. The molecule has 0 aromatic heterocycles. The Hall–Kier alpha value is -2.08. The van der Waals surface area contributed by atoms with Gasteiger partial charge in [0.15, 0.2) is 0 Å². The summed E-state index contributed by atoms with van der Waals surface area (Å²) in [4.78, 5) is 31.1. The first-order valence-corrected chi connectivity index (χ1v) is 9.17. The number of likely N-dealkylation sites (tertiary alicyclic amines) is 1. The largest absolute Gasteiger partial charge is 0.445 e. The Morgan fingerprint density at radius 3 is 2.48 bits per heavy atom. The van der Waals surface area contributed by atoms with E-state index in [1.165, 1.54) is 0 Å². The van der Waals surface area contributed by atoms with E-state index in [9.17, 15) is 9.59 Å². The lowest BCUT2D eigenvalue weighted by Gasteiger charge is -2.36. The van der Waals surface area contributed by atoms with Crippen LogP contribution in [0.15, 0.2) is 30.3 Å². The molecule has 6 heteroatoms. The van der Waals surface area contributed by atoms with Crippen molar-refractivity contribution in [2.75, 3.05) is 39.3 Å². The molecule has 25 heavy (non-hydrogen) atoms. The Labute approximate surface area is 149 Å². The molecule has 2 saturated heterocycles. The number of nitrogens with zero attached hydrogens (tertiary/aromatic N) is 3. The van der Waals surface area contributed by atoms with Gasteiger partial charge in [0.25, 0.3) is 0 Å². The van der Waals surface area contributed by atoms with Gasteiger partial charge in [0.1, 0.15) is 12.6 Å². The molecule has 2 amide bonds. The number of hydrogen-bond donors (Lipinski definition) is 0. The Bertz CT molecular complexity index is 585. The van der Waals surface area contributed by atoms with Crippen LogP contribution < -0.4 is 0 Å². The number of likely N-dealkylation sites (N-methyl/N-ethyl adjacent to an activating group) is 1. The number of rotatable bonds is 4. The van der Waals surface area contributed by atoms with Gasteiger partial charge >= 0.3 is 6.09 Å². The van der Waals surface area contributed by atoms with Gasteiger partial charge in [-0.05, 0) is 24.9 Å². The molecule has 0 saturated carbocycles.